The molecule has 154 valence electrons. The fraction of sp³-hybridized carbons (Fsp3) is 0.217. The summed E-state index contributed by atoms with van der Waals surface area (Å²) in [7, 11) is 0. The molecule has 1 atom stereocenters. The molecule has 1 N–H and O–H groups in total. The molecule has 6 nitrogen and oxygen atoms in total. The third-order valence-corrected chi connectivity index (χ3v) is 5.69. The quantitative estimate of drug-likeness (QED) is 0.603. The van der Waals surface area contributed by atoms with Gasteiger partial charge in [0, 0.05) is 10.6 Å². The van der Waals surface area contributed by atoms with Crippen molar-refractivity contribution in [2.24, 2.45) is 0 Å². The highest BCUT2D eigenvalue weighted by Crippen LogP contribution is 2.37. The Morgan fingerprint density at radius 1 is 1.03 bits per heavy atom. The largest absolute Gasteiger partial charge is 0.486 e. The Bertz CT molecular complexity index is 1090. The second-order valence-corrected chi connectivity index (χ2v) is 8.01. The van der Waals surface area contributed by atoms with E-state index in [0.717, 1.165) is 21.8 Å². The van der Waals surface area contributed by atoms with Gasteiger partial charge >= 0.3 is 5.97 Å². The van der Waals surface area contributed by atoms with E-state index in [-0.39, 0.29) is 5.91 Å². The minimum atomic E-state index is -0.919. The lowest BCUT2D eigenvalue weighted by molar-refractivity contribution is -0.123. The second kappa shape index (κ2) is 8.59. The average Bonchev–Trinajstić information content (AvgIpc) is 3.24. The van der Waals surface area contributed by atoms with E-state index in [1.165, 1.54) is 11.3 Å². The van der Waals surface area contributed by atoms with Crippen LogP contribution in [0.5, 0.6) is 11.5 Å². The first-order valence-electron chi connectivity index (χ1n) is 9.58. The molecule has 0 fully saturated rings. The zero-order valence-corrected chi connectivity index (χ0v) is 17.5. The number of hydrogen-bond donors (Lipinski definition) is 1. The molecule has 1 aliphatic rings. The van der Waals surface area contributed by atoms with Crippen LogP contribution >= 0.6 is 11.3 Å². The number of hydrogen-bond acceptors (Lipinski definition) is 6. The van der Waals surface area contributed by atoms with Crippen LogP contribution in [0.15, 0.2) is 54.6 Å². The molecule has 0 aliphatic carbocycles. The molecule has 0 saturated heterocycles. The number of carbonyl (C=O) groups is 2. The summed E-state index contributed by atoms with van der Waals surface area (Å²) >= 11 is 1.30. The third kappa shape index (κ3) is 4.46. The van der Waals surface area contributed by atoms with Gasteiger partial charge in [-0.25, -0.2) is 4.79 Å². The van der Waals surface area contributed by atoms with Crippen LogP contribution in [0.2, 0.25) is 0 Å². The molecular formula is C23H21NO5S. The van der Waals surface area contributed by atoms with Crippen molar-refractivity contribution < 1.29 is 23.8 Å². The van der Waals surface area contributed by atoms with E-state index in [9.17, 15) is 9.59 Å². The molecule has 4 rings (SSSR count). The highest BCUT2D eigenvalue weighted by molar-refractivity contribution is 7.17. The molecule has 7 heteroatoms. The number of amides is 1. The molecule has 0 saturated carbocycles. The van der Waals surface area contributed by atoms with E-state index in [0.29, 0.717) is 29.5 Å². The maximum absolute atomic E-state index is 12.5. The van der Waals surface area contributed by atoms with Crippen molar-refractivity contribution in [1.29, 1.82) is 0 Å². The van der Waals surface area contributed by atoms with Crippen molar-refractivity contribution in [3.63, 3.8) is 0 Å². The number of ether oxygens (including phenoxy) is 3. The number of carbonyl (C=O) groups excluding carboxylic acids is 2. The van der Waals surface area contributed by atoms with Crippen molar-refractivity contribution >= 4 is 28.9 Å². The van der Waals surface area contributed by atoms with Gasteiger partial charge in [-0.3, -0.25) is 4.79 Å². The third-order valence-electron chi connectivity index (χ3n) is 4.57. The van der Waals surface area contributed by atoms with Crippen molar-refractivity contribution in [3.8, 4) is 21.9 Å². The van der Waals surface area contributed by atoms with Gasteiger partial charge in [0.15, 0.2) is 17.6 Å². The number of aryl methyl sites for hydroxylation is 1. The number of nitrogens with one attached hydrogen (secondary N) is 1. The summed E-state index contributed by atoms with van der Waals surface area (Å²) in [4.78, 5) is 26.2. The van der Waals surface area contributed by atoms with Gasteiger partial charge in [-0.1, -0.05) is 12.1 Å². The Balaban J connectivity index is 1.40. The van der Waals surface area contributed by atoms with Gasteiger partial charge in [-0.05, 0) is 67.4 Å². The van der Waals surface area contributed by atoms with Crippen LogP contribution in [0.4, 0.5) is 5.69 Å². The lowest BCUT2D eigenvalue weighted by Gasteiger charge is -2.18. The van der Waals surface area contributed by atoms with E-state index in [1.54, 1.807) is 19.1 Å². The molecule has 1 aliphatic heterocycles. The molecule has 0 radical (unpaired) electrons. The maximum atomic E-state index is 12.5. The standard InChI is InChI=1S/C23H21NO5S/c1-14-4-3-5-17(12-14)24-22(25)15(2)29-23(26)21-9-8-20(30-21)16-6-7-18-19(13-16)28-11-10-27-18/h3-9,12-13,15H,10-11H2,1-2H3,(H,24,25). The molecule has 1 amide bonds. The predicted octanol–water partition coefficient (Wildman–Crippen LogP) is 4.68. The summed E-state index contributed by atoms with van der Waals surface area (Å²) in [5.41, 5.74) is 2.62. The lowest BCUT2D eigenvalue weighted by atomic mass is 10.1. The Kier molecular flexibility index (Phi) is 5.72. The Morgan fingerprint density at radius 3 is 2.63 bits per heavy atom. The minimum absolute atomic E-state index is 0.377. The highest BCUT2D eigenvalue weighted by atomic mass is 32.1. The van der Waals surface area contributed by atoms with Crippen molar-refractivity contribution in [2.45, 2.75) is 20.0 Å². The van der Waals surface area contributed by atoms with Gasteiger partial charge in [0.25, 0.3) is 5.91 Å². The Hall–Kier alpha value is -3.32. The average molecular weight is 423 g/mol. The highest BCUT2D eigenvalue weighted by Gasteiger charge is 2.21. The fourth-order valence-electron chi connectivity index (χ4n) is 3.04. The zero-order valence-electron chi connectivity index (χ0n) is 16.6. The maximum Gasteiger partial charge on any atom is 0.349 e. The smallest absolute Gasteiger partial charge is 0.349 e. The Labute approximate surface area is 178 Å². The number of rotatable bonds is 5. The fourth-order valence-corrected chi connectivity index (χ4v) is 3.92. The van der Waals surface area contributed by atoms with Gasteiger partial charge in [0.05, 0.1) is 0 Å². The number of esters is 1. The van der Waals surface area contributed by atoms with Crippen LogP contribution < -0.4 is 14.8 Å². The van der Waals surface area contributed by atoms with Gasteiger partial charge in [0.2, 0.25) is 0 Å². The summed E-state index contributed by atoms with van der Waals surface area (Å²) in [6.45, 7) is 4.55. The number of benzene rings is 2. The molecule has 30 heavy (non-hydrogen) atoms. The first-order valence-corrected chi connectivity index (χ1v) is 10.4. The zero-order chi connectivity index (χ0) is 21.1. The topological polar surface area (TPSA) is 73.9 Å². The van der Waals surface area contributed by atoms with Crippen LogP contribution in [0, 0.1) is 6.92 Å². The molecule has 2 heterocycles. The number of anilines is 1. The van der Waals surface area contributed by atoms with Crippen LogP contribution in [0.3, 0.4) is 0 Å². The van der Waals surface area contributed by atoms with Gasteiger partial charge < -0.3 is 19.5 Å². The summed E-state index contributed by atoms with van der Waals surface area (Å²) in [5, 5.41) is 2.76. The van der Waals surface area contributed by atoms with Gasteiger partial charge in [0.1, 0.15) is 18.1 Å². The molecule has 0 spiro atoms. The predicted molar refractivity (Wildman–Crippen MR) is 115 cm³/mol. The molecule has 3 aromatic rings. The molecule has 1 unspecified atom stereocenters. The van der Waals surface area contributed by atoms with E-state index < -0.39 is 12.1 Å². The van der Waals surface area contributed by atoms with E-state index in [1.807, 2.05) is 49.4 Å². The van der Waals surface area contributed by atoms with Crippen LogP contribution in [0.1, 0.15) is 22.2 Å². The normalized spacial score (nSPS) is 13.4. The minimum Gasteiger partial charge on any atom is -0.486 e. The summed E-state index contributed by atoms with van der Waals surface area (Å²) in [6, 6.07) is 16.7. The van der Waals surface area contributed by atoms with Gasteiger partial charge in [-0.15, -0.1) is 11.3 Å². The summed E-state index contributed by atoms with van der Waals surface area (Å²) in [6.07, 6.45) is -0.919. The molecule has 0 bridgehead atoms. The Morgan fingerprint density at radius 2 is 1.83 bits per heavy atom. The SMILES string of the molecule is Cc1cccc(NC(=O)C(C)OC(=O)c2ccc(-c3ccc4c(c3)OCCO4)s2)c1. The van der Waals surface area contributed by atoms with Crippen molar-refractivity contribution in [2.75, 3.05) is 18.5 Å². The van der Waals surface area contributed by atoms with Crippen molar-refractivity contribution in [1.82, 2.24) is 0 Å². The summed E-state index contributed by atoms with van der Waals surface area (Å²) < 4.78 is 16.5. The van der Waals surface area contributed by atoms with Crippen LogP contribution in [-0.2, 0) is 9.53 Å². The first-order chi connectivity index (χ1) is 14.5. The van der Waals surface area contributed by atoms with E-state index in [4.69, 9.17) is 14.2 Å². The van der Waals surface area contributed by atoms with Crippen molar-refractivity contribution in [3.05, 3.63) is 65.0 Å². The molecular weight excluding hydrogens is 402 g/mol. The van der Waals surface area contributed by atoms with Crippen LogP contribution in [-0.4, -0.2) is 31.2 Å². The number of fused-ring (bicyclic) bond motifs is 1. The van der Waals surface area contributed by atoms with E-state index >= 15 is 0 Å². The number of thiophene rings is 1. The lowest BCUT2D eigenvalue weighted by Crippen LogP contribution is -2.29. The monoisotopic (exact) mass is 423 g/mol. The van der Waals surface area contributed by atoms with Crippen LogP contribution in [0.25, 0.3) is 10.4 Å². The first kappa shape index (κ1) is 20.0. The van der Waals surface area contributed by atoms with Gasteiger partial charge in [-0.2, -0.15) is 0 Å². The van der Waals surface area contributed by atoms with E-state index in [2.05, 4.69) is 5.32 Å². The second-order valence-electron chi connectivity index (χ2n) is 6.93. The molecule has 2 aromatic carbocycles. The molecule has 1 aromatic heterocycles. The summed E-state index contributed by atoms with van der Waals surface area (Å²) in [5.74, 6) is 0.501.